The van der Waals surface area contributed by atoms with E-state index in [9.17, 15) is 14.9 Å². The van der Waals surface area contributed by atoms with Crippen LogP contribution in [0.5, 0.6) is 0 Å². The number of hydrogen-bond acceptors (Lipinski definition) is 5. The summed E-state index contributed by atoms with van der Waals surface area (Å²) in [4.78, 5) is 25.5. The average molecular weight is 323 g/mol. The van der Waals surface area contributed by atoms with E-state index in [0.29, 0.717) is 11.8 Å². The van der Waals surface area contributed by atoms with Crippen LogP contribution >= 0.6 is 11.8 Å². The second-order valence-corrected chi connectivity index (χ2v) is 6.32. The molecule has 0 aromatic heterocycles. The van der Waals surface area contributed by atoms with Crippen molar-refractivity contribution in [1.29, 1.82) is 0 Å². The van der Waals surface area contributed by atoms with Crippen molar-refractivity contribution in [3.63, 3.8) is 0 Å². The fourth-order valence-electron chi connectivity index (χ4n) is 2.55. The number of thioether (sulfide) groups is 1. The van der Waals surface area contributed by atoms with Gasteiger partial charge in [-0.15, -0.1) is 11.8 Å². The van der Waals surface area contributed by atoms with Gasteiger partial charge in [-0.3, -0.25) is 14.9 Å². The maximum atomic E-state index is 12.4. The lowest BCUT2D eigenvalue weighted by Crippen LogP contribution is -2.43. The van der Waals surface area contributed by atoms with Crippen LogP contribution in [0, 0.1) is 10.1 Å². The van der Waals surface area contributed by atoms with Gasteiger partial charge >= 0.3 is 0 Å². The Hall–Kier alpha value is -1.60. The molecule has 1 heterocycles. The van der Waals surface area contributed by atoms with E-state index < -0.39 is 4.92 Å². The molecule has 1 saturated heterocycles. The Labute approximate surface area is 134 Å². The van der Waals surface area contributed by atoms with Crippen LogP contribution in [-0.2, 0) is 4.79 Å². The first-order valence-electron chi connectivity index (χ1n) is 7.49. The van der Waals surface area contributed by atoms with Gasteiger partial charge in [0, 0.05) is 36.2 Å². The van der Waals surface area contributed by atoms with Gasteiger partial charge in [0.2, 0.25) is 5.91 Å². The highest BCUT2D eigenvalue weighted by molar-refractivity contribution is 8.00. The van der Waals surface area contributed by atoms with Crippen LogP contribution in [0.2, 0.25) is 0 Å². The topological polar surface area (TPSA) is 75.5 Å². The SMILES string of the molecule is CCCN(C(=O)CSc1ccc([N+](=O)[O-])cc1)C1CCNC1. The van der Waals surface area contributed by atoms with E-state index in [0.717, 1.165) is 37.4 Å². The van der Waals surface area contributed by atoms with Crippen LogP contribution in [0.15, 0.2) is 29.2 Å². The van der Waals surface area contributed by atoms with Gasteiger partial charge in [0.25, 0.3) is 5.69 Å². The Morgan fingerprint density at radius 1 is 1.45 bits per heavy atom. The average Bonchev–Trinajstić information content (AvgIpc) is 3.04. The fraction of sp³-hybridized carbons (Fsp3) is 0.533. The smallest absolute Gasteiger partial charge is 0.269 e. The van der Waals surface area contributed by atoms with Crippen molar-refractivity contribution in [2.75, 3.05) is 25.4 Å². The molecule has 0 radical (unpaired) electrons. The molecule has 1 unspecified atom stereocenters. The van der Waals surface area contributed by atoms with Crippen LogP contribution in [0.25, 0.3) is 0 Å². The zero-order valence-corrected chi connectivity index (χ0v) is 13.5. The lowest BCUT2D eigenvalue weighted by Gasteiger charge is -2.28. The van der Waals surface area contributed by atoms with Crippen LogP contribution < -0.4 is 5.32 Å². The molecule has 1 aliphatic rings. The van der Waals surface area contributed by atoms with Gasteiger partial charge in [0.1, 0.15) is 0 Å². The highest BCUT2D eigenvalue weighted by atomic mass is 32.2. The van der Waals surface area contributed by atoms with Crippen LogP contribution in [0.1, 0.15) is 19.8 Å². The first kappa shape index (κ1) is 16.8. The zero-order chi connectivity index (χ0) is 15.9. The van der Waals surface area contributed by atoms with Gasteiger partial charge in [0.05, 0.1) is 10.7 Å². The molecule has 120 valence electrons. The molecule has 1 N–H and O–H groups in total. The Balaban J connectivity index is 1.90. The zero-order valence-electron chi connectivity index (χ0n) is 12.7. The van der Waals surface area contributed by atoms with E-state index in [4.69, 9.17) is 0 Å². The minimum atomic E-state index is -0.421. The van der Waals surface area contributed by atoms with E-state index >= 15 is 0 Å². The van der Waals surface area contributed by atoms with Gasteiger partial charge in [-0.05, 0) is 31.5 Å². The molecule has 1 aromatic carbocycles. The number of nitrogens with zero attached hydrogens (tertiary/aromatic N) is 2. The predicted octanol–water partition coefficient (Wildman–Crippen LogP) is 2.29. The van der Waals surface area contributed by atoms with Crippen molar-refractivity contribution in [2.24, 2.45) is 0 Å². The van der Waals surface area contributed by atoms with Crippen LogP contribution in [0.3, 0.4) is 0 Å². The molecule has 0 saturated carbocycles. The van der Waals surface area contributed by atoms with Crippen molar-refractivity contribution in [2.45, 2.75) is 30.7 Å². The fourth-order valence-corrected chi connectivity index (χ4v) is 3.33. The summed E-state index contributed by atoms with van der Waals surface area (Å²) in [5.41, 5.74) is 0.0697. The third-order valence-electron chi connectivity index (χ3n) is 3.67. The first-order valence-corrected chi connectivity index (χ1v) is 8.47. The van der Waals surface area contributed by atoms with E-state index in [1.54, 1.807) is 12.1 Å². The van der Waals surface area contributed by atoms with Gasteiger partial charge in [-0.2, -0.15) is 0 Å². The highest BCUT2D eigenvalue weighted by Gasteiger charge is 2.25. The summed E-state index contributed by atoms with van der Waals surface area (Å²) < 4.78 is 0. The van der Waals surface area contributed by atoms with Crippen LogP contribution in [-0.4, -0.2) is 47.2 Å². The third-order valence-corrected chi connectivity index (χ3v) is 4.67. The van der Waals surface area contributed by atoms with E-state index in [-0.39, 0.29) is 11.6 Å². The van der Waals surface area contributed by atoms with Gasteiger partial charge in [0.15, 0.2) is 0 Å². The standard InChI is InChI=1S/C15H21N3O3S/c1-2-9-17(13-7-8-16-10-13)15(19)11-22-14-5-3-12(4-6-14)18(20)21/h3-6,13,16H,2,7-11H2,1H3. The Bertz CT molecular complexity index is 515. The Kier molecular flexibility index (Phi) is 6.21. The molecule has 0 spiro atoms. The van der Waals surface area contributed by atoms with Crippen molar-refractivity contribution >= 4 is 23.4 Å². The molecule has 0 bridgehead atoms. The van der Waals surface area contributed by atoms with Crippen molar-refractivity contribution in [3.8, 4) is 0 Å². The number of hydrogen-bond donors (Lipinski definition) is 1. The molecule has 6 nitrogen and oxygen atoms in total. The van der Waals surface area contributed by atoms with Crippen LogP contribution in [0.4, 0.5) is 5.69 Å². The maximum Gasteiger partial charge on any atom is 0.269 e. The summed E-state index contributed by atoms with van der Waals surface area (Å²) in [5.74, 6) is 0.507. The quantitative estimate of drug-likeness (QED) is 0.473. The minimum Gasteiger partial charge on any atom is -0.338 e. The van der Waals surface area contributed by atoms with Gasteiger partial charge in [-0.1, -0.05) is 6.92 Å². The van der Waals surface area contributed by atoms with Gasteiger partial charge < -0.3 is 10.2 Å². The molecule has 1 aliphatic heterocycles. The number of nitro benzene ring substituents is 1. The van der Waals surface area contributed by atoms with E-state index in [1.807, 2.05) is 4.90 Å². The maximum absolute atomic E-state index is 12.4. The summed E-state index contributed by atoms with van der Waals surface area (Å²) in [6.45, 7) is 4.69. The number of rotatable bonds is 7. The number of carbonyl (C=O) groups excluding carboxylic acids is 1. The molecule has 1 atom stereocenters. The molecule has 7 heteroatoms. The normalized spacial score (nSPS) is 17.4. The predicted molar refractivity (Wildman–Crippen MR) is 87.1 cm³/mol. The second-order valence-electron chi connectivity index (χ2n) is 5.27. The van der Waals surface area contributed by atoms with Crippen molar-refractivity contribution in [1.82, 2.24) is 10.2 Å². The monoisotopic (exact) mass is 323 g/mol. The van der Waals surface area contributed by atoms with E-state index in [2.05, 4.69) is 12.2 Å². The molecule has 1 aromatic rings. The lowest BCUT2D eigenvalue weighted by atomic mass is 10.2. The van der Waals surface area contributed by atoms with Gasteiger partial charge in [-0.25, -0.2) is 0 Å². The highest BCUT2D eigenvalue weighted by Crippen LogP contribution is 2.22. The first-order chi connectivity index (χ1) is 10.6. The summed E-state index contributed by atoms with van der Waals surface area (Å²) in [5, 5.41) is 13.9. The summed E-state index contributed by atoms with van der Waals surface area (Å²) >= 11 is 1.43. The number of amides is 1. The largest absolute Gasteiger partial charge is 0.338 e. The second kappa shape index (κ2) is 8.14. The number of non-ortho nitro benzene ring substituents is 1. The number of nitrogens with one attached hydrogen (secondary N) is 1. The number of nitro groups is 1. The number of benzene rings is 1. The lowest BCUT2D eigenvalue weighted by molar-refractivity contribution is -0.384. The molecule has 2 rings (SSSR count). The summed E-state index contributed by atoms with van der Waals surface area (Å²) in [6, 6.07) is 6.62. The molecule has 0 aliphatic carbocycles. The van der Waals surface area contributed by atoms with E-state index in [1.165, 1.54) is 23.9 Å². The molecule has 1 amide bonds. The van der Waals surface area contributed by atoms with Crippen molar-refractivity contribution < 1.29 is 9.72 Å². The minimum absolute atomic E-state index is 0.0697. The molecular formula is C15H21N3O3S. The van der Waals surface area contributed by atoms with Crippen molar-refractivity contribution in [3.05, 3.63) is 34.4 Å². The molecule has 22 heavy (non-hydrogen) atoms. The summed E-state index contributed by atoms with van der Waals surface area (Å²) in [7, 11) is 0. The summed E-state index contributed by atoms with van der Waals surface area (Å²) in [6.07, 6.45) is 1.96. The number of carbonyl (C=O) groups is 1. The Morgan fingerprint density at radius 3 is 2.73 bits per heavy atom. The Morgan fingerprint density at radius 2 is 2.18 bits per heavy atom. The molecule has 1 fully saturated rings. The molecular weight excluding hydrogens is 302 g/mol. The third kappa shape index (κ3) is 4.45.